The summed E-state index contributed by atoms with van der Waals surface area (Å²) in [6.45, 7) is 1.34. The van der Waals surface area contributed by atoms with Gasteiger partial charge in [0.2, 0.25) is 0 Å². The van der Waals surface area contributed by atoms with Gasteiger partial charge in [-0.25, -0.2) is 9.48 Å². The summed E-state index contributed by atoms with van der Waals surface area (Å²) in [4.78, 5) is 2.15. The zero-order valence-electron chi connectivity index (χ0n) is 13.1. The predicted molar refractivity (Wildman–Crippen MR) is 93.0 cm³/mol. The molecule has 6 heteroatoms. The van der Waals surface area contributed by atoms with Crippen LogP contribution in [0.25, 0.3) is 0 Å². The highest BCUT2D eigenvalue weighted by atomic mass is 79.9. The van der Waals surface area contributed by atoms with Gasteiger partial charge in [0.25, 0.3) is 5.72 Å². The minimum absolute atomic E-state index is 0. The number of rotatable bonds is 2. The molecule has 1 atom stereocenters. The van der Waals surface area contributed by atoms with Crippen molar-refractivity contribution in [2.45, 2.75) is 12.1 Å². The van der Waals surface area contributed by atoms with Crippen molar-refractivity contribution in [3.05, 3.63) is 60.2 Å². The molecule has 4 nitrogen and oxygen atoms in total. The molecule has 126 valence electrons. The maximum absolute atomic E-state index is 11.4. The van der Waals surface area contributed by atoms with Crippen LogP contribution >= 0.6 is 11.8 Å². The lowest BCUT2D eigenvalue weighted by atomic mass is 10.0. The van der Waals surface area contributed by atoms with Crippen LogP contribution in [0.4, 0.5) is 5.69 Å². The fourth-order valence-electron chi connectivity index (χ4n) is 3.29. The molecule has 0 radical (unpaired) electrons. The number of aromatic hydroxyl groups is 1. The van der Waals surface area contributed by atoms with E-state index in [0.717, 1.165) is 35.1 Å². The molecule has 2 heterocycles. The van der Waals surface area contributed by atoms with Gasteiger partial charge in [-0.05, 0) is 42.4 Å². The Balaban J connectivity index is 0.00000169. The van der Waals surface area contributed by atoms with Crippen molar-refractivity contribution < 1.29 is 31.8 Å². The number of anilines is 1. The van der Waals surface area contributed by atoms with Gasteiger partial charge >= 0.3 is 5.17 Å². The van der Waals surface area contributed by atoms with Gasteiger partial charge in [0.15, 0.2) is 6.54 Å². The van der Waals surface area contributed by atoms with E-state index >= 15 is 0 Å². The molecule has 1 unspecified atom stereocenters. The highest BCUT2D eigenvalue weighted by Crippen LogP contribution is 2.37. The van der Waals surface area contributed by atoms with E-state index in [1.165, 1.54) is 0 Å². The number of halogens is 1. The number of phenols is 1. The standard InChI is InChI=1S/C18H18N2O2S.BrH/c21-16-9-7-15(8-10-16)19-13-18(22,14-5-2-1-3-6-14)20-11-4-12-23-17(19)20;/h1-3,5-10,22H,4,11-13H2;1H. The summed E-state index contributed by atoms with van der Waals surface area (Å²) >= 11 is 1.78. The lowest BCUT2D eigenvalue weighted by Crippen LogP contribution is -3.00. The molecule has 0 saturated carbocycles. The Bertz CT molecular complexity index is 751. The number of benzene rings is 2. The Morgan fingerprint density at radius 1 is 1.04 bits per heavy atom. The molecule has 0 aliphatic carbocycles. The van der Waals surface area contributed by atoms with E-state index in [2.05, 4.69) is 9.48 Å². The van der Waals surface area contributed by atoms with Gasteiger partial charge in [0.05, 0.1) is 6.54 Å². The van der Waals surface area contributed by atoms with Crippen LogP contribution in [0.3, 0.4) is 0 Å². The lowest BCUT2D eigenvalue weighted by Gasteiger charge is -2.24. The highest BCUT2D eigenvalue weighted by Gasteiger charge is 2.53. The first-order valence-corrected chi connectivity index (χ1v) is 8.79. The van der Waals surface area contributed by atoms with Crippen LogP contribution in [0, 0.1) is 0 Å². The SMILES string of the molecule is Oc1ccc(N2CC(O)(c3ccccc3)[N+]3=C2SCCC3)cc1.[Br-]. The van der Waals surface area contributed by atoms with Gasteiger partial charge in [0, 0.05) is 11.3 Å². The van der Waals surface area contributed by atoms with Crippen LogP contribution in [-0.4, -0.2) is 38.8 Å². The Hall–Kier alpha value is -1.50. The third-order valence-corrected chi connectivity index (χ3v) is 5.63. The number of aliphatic hydroxyl groups is 1. The second-order valence-electron chi connectivity index (χ2n) is 5.92. The van der Waals surface area contributed by atoms with Crippen molar-refractivity contribution in [1.29, 1.82) is 0 Å². The summed E-state index contributed by atoms with van der Waals surface area (Å²) in [5.74, 6) is 1.31. The van der Waals surface area contributed by atoms with E-state index in [9.17, 15) is 10.2 Å². The van der Waals surface area contributed by atoms with E-state index in [1.807, 2.05) is 42.5 Å². The Morgan fingerprint density at radius 3 is 2.46 bits per heavy atom. The molecule has 4 rings (SSSR count). The maximum Gasteiger partial charge on any atom is 0.316 e. The average Bonchev–Trinajstić information content (AvgIpc) is 2.91. The molecule has 2 N–H and O–H groups in total. The largest absolute Gasteiger partial charge is 1.00 e. The quantitative estimate of drug-likeness (QED) is 0.664. The minimum atomic E-state index is -1.01. The highest BCUT2D eigenvalue weighted by molar-refractivity contribution is 8.13. The van der Waals surface area contributed by atoms with Gasteiger partial charge in [-0.3, -0.25) is 0 Å². The normalized spacial score (nSPS) is 23.0. The van der Waals surface area contributed by atoms with Crippen molar-refractivity contribution >= 4 is 22.6 Å². The summed E-state index contributed by atoms with van der Waals surface area (Å²) in [5.41, 5.74) is 0.896. The van der Waals surface area contributed by atoms with Gasteiger partial charge in [-0.1, -0.05) is 30.3 Å². The number of hydrogen-bond donors (Lipinski definition) is 2. The first-order chi connectivity index (χ1) is 11.2. The van der Waals surface area contributed by atoms with E-state index in [4.69, 9.17) is 0 Å². The summed E-state index contributed by atoms with van der Waals surface area (Å²) < 4.78 is 2.11. The molecule has 0 aromatic heterocycles. The summed E-state index contributed by atoms with van der Waals surface area (Å²) in [6.07, 6.45) is 1.06. The Labute approximate surface area is 156 Å². The van der Waals surface area contributed by atoms with Crippen LogP contribution in [0.2, 0.25) is 0 Å². The van der Waals surface area contributed by atoms with Crippen LogP contribution in [0.5, 0.6) is 5.75 Å². The fraction of sp³-hybridized carbons (Fsp3) is 0.278. The van der Waals surface area contributed by atoms with E-state index in [-0.39, 0.29) is 22.7 Å². The molecule has 0 fully saturated rings. The van der Waals surface area contributed by atoms with Crippen LogP contribution in [0.1, 0.15) is 12.0 Å². The topological polar surface area (TPSA) is 46.7 Å². The Morgan fingerprint density at radius 2 is 1.75 bits per heavy atom. The molecule has 0 spiro atoms. The van der Waals surface area contributed by atoms with Crippen molar-refractivity contribution in [3.8, 4) is 5.75 Å². The number of hydrogen-bond acceptors (Lipinski definition) is 4. The monoisotopic (exact) mass is 406 g/mol. The van der Waals surface area contributed by atoms with Crippen molar-refractivity contribution in [3.63, 3.8) is 0 Å². The van der Waals surface area contributed by atoms with Crippen molar-refractivity contribution in [2.24, 2.45) is 0 Å². The number of amidine groups is 1. The van der Waals surface area contributed by atoms with Crippen molar-refractivity contribution in [2.75, 3.05) is 23.7 Å². The third kappa shape index (κ3) is 2.83. The molecule has 2 aromatic rings. The molecular weight excluding hydrogens is 388 g/mol. The second kappa shape index (κ2) is 6.78. The molecule has 0 amide bonds. The molecule has 0 bridgehead atoms. The molecule has 0 saturated heterocycles. The first-order valence-electron chi connectivity index (χ1n) is 7.80. The number of nitrogens with zero attached hydrogens (tertiary/aromatic N) is 2. The van der Waals surface area contributed by atoms with Crippen molar-refractivity contribution in [1.82, 2.24) is 0 Å². The van der Waals surface area contributed by atoms with Crippen LogP contribution < -0.4 is 21.9 Å². The third-order valence-electron chi connectivity index (χ3n) is 4.44. The predicted octanol–water partition coefficient (Wildman–Crippen LogP) is -0.433. The summed E-state index contributed by atoms with van der Waals surface area (Å²) in [6, 6.07) is 17.0. The minimum Gasteiger partial charge on any atom is -1.00 e. The van der Waals surface area contributed by atoms with Gasteiger partial charge < -0.3 is 27.2 Å². The lowest BCUT2D eigenvalue weighted by molar-refractivity contribution is -0.656. The van der Waals surface area contributed by atoms with Gasteiger partial charge in [-0.15, -0.1) is 0 Å². The maximum atomic E-state index is 11.4. The van der Waals surface area contributed by atoms with E-state index in [0.29, 0.717) is 6.54 Å². The number of phenolic OH excluding ortho intramolecular Hbond substituents is 1. The van der Waals surface area contributed by atoms with Crippen LogP contribution in [0.15, 0.2) is 54.6 Å². The van der Waals surface area contributed by atoms with E-state index in [1.54, 1.807) is 23.9 Å². The smallest absolute Gasteiger partial charge is 0.316 e. The second-order valence-corrected chi connectivity index (χ2v) is 6.98. The molecule has 24 heavy (non-hydrogen) atoms. The number of β-amino-alcohol motifs (C(OH)–C–C–N with tert-alkyl or cyclic N) is 1. The summed E-state index contributed by atoms with van der Waals surface area (Å²) in [7, 11) is 0. The molecule has 2 aromatic carbocycles. The average molecular weight is 407 g/mol. The molecule has 2 aliphatic heterocycles. The van der Waals surface area contributed by atoms with Gasteiger partial charge in [0.1, 0.15) is 11.4 Å². The van der Waals surface area contributed by atoms with E-state index < -0.39 is 5.72 Å². The summed E-state index contributed by atoms with van der Waals surface area (Å²) in [5, 5.41) is 22.1. The zero-order valence-corrected chi connectivity index (χ0v) is 15.5. The molecule has 2 aliphatic rings. The molecular formula is C18H19BrN2O2S. The first kappa shape index (κ1) is 17.3. The number of thioether (sulfide) groups is 1. The van der Waals surface area contributed by atoms with Gasteiger partial charge in [-0.2, -0.15) is 0 Å². The fourth-order valence-corrected chi connectivity index (χ4v) is 4.47. The van der Waals surface area contributed by atoms with Crippen LogP contribution in [-0.2, 0) is 5.72 Å². The Kier molecular flexibility index (Phi) is 4.90. The zero-order chi connectivity index (χ0) is 15.9.